The van der Waals surface area contributed by atoms with E-state index in [1.165, 1.54) is 30.3 Å². The minimum Gasteiger partial charge on any atom is -0.289 e. The first-order valence-electron chi connectivity index (χ1n) is 14.7. The van der Waals surface area contributed by atoms with Gasteiger partial charge in [0.2, 0.25) is 0 Å². The van der Waals surface area contributed by atoms with E-state index < -0.39 is 75.8 Å². The molecule has 286 valence electrons. The predicted octanol–water partition coefficient (Wildman–Crippen LogP) is 12.0. The van der Waals surface area contributed by atoms with E-state index in [2.05, 4.69) is 0 Å². The van der Waals surface area contributed by atoms with E-state index in [1.807, 2.05) is 0 Å². The number of hydrogen-bond donors (Lipinski definition) is 0. The quantitative estimate of drug-likeness (QED) is 0.0925. The van der Waals surface area contributed by atoms with Crippen molar-refractivity contribution in [2.75, 3.05) is 0 Å². The standard InChI is InChI=1S/C35H20ClF11O4S3/c36-30-19-12-25(20-29(30)31(48)21-4-2-1-3-5-21)52-24-10-17-28(18-11-24)53(26-13-6-22(37)7-14-26,27-15-8-23(38)9-16-27)51-54(49,50)35(46,47)33(41,42)32(39,40)34(43,44)45/h1-20H. The van der Waals surface area contributed by atoms with Gasteiger partial charge in [-0.3, -0.25) is 4.79 Å². The van der Waals surface area contributed by atoms with Crippen LogP contribution in [-0.2, 0) is 13.7 Å². The van der Waals surface area contributed by atoms with E-state index in [-0.39, 0.29) is 10.6 Å². The van der Waals surface area contributed by atoms with Crippen LogP contribution in [0.2, 0.25) is 5.02 Å². The zero-order chi connectivity index (χ0) is 39.9. The van der Waals surface area contributed by atoms with Gasteiger partial charge in [0.15, 0.2) is 5.78 Å². The van der Waals surface area contributed by atoms with Gasteiger partial charge < -0.3 is 0 Å². The summed E-state index contributed by atoms with van der Waals surface area (Å²) in [5, 5.41) is -7.14. The molecule has 0 amide bonds. The van der Waals surface area contributed by atoms with Crippen LogP contribution in [-0.4, -0.2) is 37.5 Å². The number of hydrogen-bond acceptors (Lipinski definition) is 5. The van der Waals surface area contributed by atoms with Crippen LogP contribution in [0.5, 0.6) is 0 Å². The van der Waals surface area contributed by atoms with Crippen LogP contribution in [0.1, 0.15) is 15.9 Å². The maximum atomic E-state index is 15.2. The normalized spacial score (nSPS) is 13.5. The summed E-state index contributed by atoms with van der Waals surface area (Å²) in [6, 6.07) is 22.8. The number of carbonyl (C=O) groups excluding carboxylic acids is 1. The Bertz CT molecular complexity index is 2210. The van der Waals surface area contributed by atoms with Crippen molar-refractivity contribution in [1.82, 2.24) is 0 Å². The Morgan fingerprint density at radius 1 is 0.593 bits per heavy atom. The fraction of sp³-hybridized carbons (Fsp3) is 0.114. The molecule has 0 aliphatic heterocycles. The van der Waals surface area contributed by atoms with Crippen LogP contribution in [0, 0.1) is 11.6 Å². The fourth-order valence-corrected chi connectivity index (χ4v) is 11.0. The van der Waals surface area contributed by atoms with Crippen LogP contribution in [0.25, 0.3) is 0 Å². The fourth-order valence-electron chi connectivity index (χ4n) is 4.80. The summed E-state index contributed by atoms with van der Waals surface area (Å²) in [6.45, 7) is 0. The van der Waals surface area contributed by atoms with Gasteiger partial charge in [-0.1, -0.05) is 53.7 Å². The molecule has 0 unspecified atom stereocenters. The lowest BCUT2D eigenvalue weighted by molar-refractivity contribution is -0.382. The summed E-state index contributed by atoms with van der Waals surface area (Å²) in [5.74, 6) is -17.6. The highest BCUT2D eigenvalue weighted by molar-refractivity contribution is 8.33. The molecule has 0 saturated carbocycles. The maximum absolute atomic E-state index is 15.2. The van der Waals surface area contributed by atoms with E-state index >= 15 is 8.78 Å². The number of ketones is 1. The van der Waals surface area contributed by atoms with E-state index in [1.54, 1.807) is 30.3 Å². The lowest BCUT2D eigenvalue weighted by atomic mass is 10.0. The second-order valence-corrected chi connectivity index (χ2v) is 17.1. The molecular formula is C35H20ClF11O4S3. The van der Waals surface area contributed by atoms with E-state index in [0.717, 1.165) is 48.2 Å². The van der Waals surface area contributed by atoms with Gasteiger partial charge in [0, 0.05) is 35.6 Å². The Labute approximate surface area is 310 Å². The smallest absolute Gasteiger partial charge is 0.289 e. The second kappa shape index (κ2) is 14.9. The SMILES string of the molecule is O=C(c1ccccc1)c1cc(Sc2ccc(S(OS(=O)(=O)C(F)(F)C(F)(F)C(F)(F)C(F)(F)F)(c3ccc(F)cc3)c3ccc(F)cc3)cc2)ccc1Cl. The minimum atomic E-state index is -7.63. The average molecular weight is 845 g/mol. The molecule has 0 aliphatic carbocycles. The van der Waals surface area contributed by atoms with Crippen molar-refractivity contribution in [2.45, 2.75) is 47.8 Å². The molecule has 54 heavy (non-hydrogen) atoms. The van der Waals surface area contributed by atoms with E-state index in [4.69, 9.17) is 15.2 Å². The van der Waals surface area contributed by atoms with E-state index in [9.17, 15) is 52.7 Å². The Morgan fingerprint density at radius 2 is 1.04 bits per heavy atom. The van der Waals surface area contributed by atoms with Gasteiger partial charge in [-0.05, 0) is 101 Å². The first-order chi connectivity index (χ1) is 25.0. The molecule has 19 heteroatoms. The summed E-state index contributed by atoms with van der Waals surface area (Å²) >= 11 is 7.27. The van der Waals surface area contributed by atoms with Crippen LogP contribution in [0.3, 0.4) is 0 Å². The molecule has 4 nitrogen and oxygen atoms in total. The molecule has 0 radical (unpaired) electrons. The lowest BCUT2D eigenvalue weighted by Gasteiger charge is -2.41. The highest BCUT2D eigenvalue weighted by Crippen LogP contribution is 2.71. The third-order valence-corrected chi connectivity index (χ3v) is 14.1. The average Bonchev–Trinajstić information content (AvgIpc) is 3.12. The highest BCUT2D eigenvalue weighted by Gasteiger charge is 2.86. The Balaban J connectivity index is 1.65. The first kappa shape index (κ1) is 41.1. The van der Waals surface area contributed by atoms with Crippen molar-refractivity contribution >= 4 is 49.6 Å². The summed E-state index contributed by atoms with van der Waals surface area (Å²) in [7, 11) is -12.1. The molecule has 0 saturated heterocycles. The Morgan fingerprint density at radius 3 is 1.50 bits per heavy atom. The van der Waals surface area contributed by atoms with Crippen molar-refractivity contribution in [3.63, 3.8) is 0 Å². The molecular weight excluding hydrogens is 825 g/mol. The molecule has 0 spiro atoms. The summed E-state index contributed by atoms with van der Waals surface area (Å²) in [6.07, 6.45) is -7.35. The summed E-state index contributed by atoms with van der Waals surface area (Å²) in [5.41, 5.74) is 0.445. The zero-order valence-electron chi connectivity index (χ0n) is 26.4. The van der Waals surface area contributed by atoms with Gasteiger partial charge in [0.25, 0.3) is 0 Å². The maximum Gasteiger partial charge on any atom is 0.460 e. The molecule has 0 heterocycles. The van der Waals surface area contributed by atoms with Crippen LogP contribution in [0.4, 0.5) is 48.3 Å². The van der Waals surface area contributed by atoms with Crippen molar-refractivity contribution in [2.24, 2.45) is 0 Å². The molecule has 0 fully saturated rings. The molecule has 0 aliphatic rings. The van der Waals surface area contributed by atoms with Crippen molar-refractivity contribution in [3.05, 3.63) is 149 Å². The number of halogens is 12. The molecule has 5 aromatic rings. The van der Waals surface area contributed by atoms with E-state index in [0.29, 0.717) is 39.6 Å². The van der Waals surface area contributed by atoms with Crippen LogP contribution < -0.4 is 0 Å². The lowest BCUT2D eigenvalue weighted by Crippen LogP contribution is -2.63. The number of benzene rings is 5. The number of rotatable bonds is 12. The van der Waals surface area contributed by atoms with Crippen molar-refractivity contribution in [3.8, 4) is 0 Å². The molecule has 0 N–H and O–H groups in total. The Hall–Kier alpha value is -4.10. The molecule has 0 bridgehead atoms. The third kappa shape index (κ3) is 7.45. The second-order valence-electron chi connectivity index (χ2n) is 11.1. The highest BCUT2D eigenvalue weighted by atomic mass is 35.5. The minimum absolute atomic E-state index is 0.115. The van der Waals surface area contributed by atoms with Gasteiger partial charge in [-0.2, -0.15) is 47.9 Å². The van der Waals surface area contributed by atoms with Gasteiger partial charge in [-0.15, -0.1) is 0 Å². The van der Waals surface area contributed by atoms with Crippen LogP contribution in [0.15, 0.2) is 146 Å². The van der Waals surface area contributed by atoms with Crippen LogP contribution >= 0.6 is 33.7 Å². The summed E-state index contributed by atoms with van der Waals surface area (Å²) in [4.78, 5) is 12.2. The molecule has 0 atom stereocenters. The van der Waals surface area contributed by atoms with Crippen molar-refractivity contribution in [1.29, 1.82) is 0 Å². The third-order valence-electron chi connectivity index (χ3n) is 7.52. The largest absolute Gasteiger partial charge is 0.460 e. The first-order valence-corrected chi connectivity index (χ1v) is 18.9. The monoisotopic (exact) mass is 844 g/mol. The number of alkyl halides is 9. The van der Waals surface area contributed by atoms with Gasteiger partial charge in [-0.25, -0.2) is 12.4 Å². The van der Waals surface area contributed by atoms with Gasteiger partial charge in [0.05, 0.1) is 5.02 Å². The molecule has 0 aromatic heterocycles. The zero-order valence-corrected chi connectivity index (χ0v) is 29.6. The summed E-state index contributed by atoms with van der Waals surface area (Å²) < 4.78 is 185. The van der Waals surface area contributed by atoms with Gasteiger partial charge >= 0.3 is 33.4 Å². The predicted molar refractivity (Wildman–Crippen MR) is 178 cm³/mol. The molecule has 5 rings (SSSR count). The topological polar surface area (TPSA) is 60.4 Å². The molecule has 5 aromatic carbocycles. The number of carbonyl (C=O) groups is 1. The van der Waals surface area contributed by atoms with Gasteiger partial charge in [0.1, 0.15) is 11.6 Å². The Kier molecular flexibility index (Phi) is 11.3. The van der Waals surface area contributed by atoms with Crippen molar-refractivity contribution < 1.29 is 65.1 Å².